The van der Waals surface area contributed by atoms with Crippen molar-refractivity contribution in [2.45, 2.75) is 83.6 Å². The summed E-state index contributed by atoms with van der Waals surface area (Å²) in [7, 11) is 0. The average molecular weight is 423 g/mol. The van der Waals surface area contributed by atoms with E-state index in [-0.39, 0.29) is 11.9 Å². The molecule has 2 nitrogen and oxygen atoms in total. The summed E-state index contributed by atoms with van der Waals surface area (Å²) in [6.07, 6.45) is 8.58. The Kier molecular flexibility index (Phi) is 7.13. The smallest absolute Gasteiger partial charge is 0.131 e. The van der Waals surface area contributed by atoms with Gasteiger partial charge in [0, 0.05) is 11.6 Å². The minimum Gasteiger partial charge on any atom is -0.271 e. The van der Waals surface area contributed by atoms with Crippen molar-refractivity contribution in [1.29, 1.82) is 0 Å². The van der Waals surface area contributed by atoms with Gasteiger partial charge in [0.1, 0.15) is 5.82 Å². The third-order valence-electron chi connectivity index (χ3n) is 8.34. The van der Waals surface area contributed by atoms with E-state index >= 15 is 4.39 Å². The Bertz CT molecular complexity index is 850. The zero-order valence-electron chi connectivity index (χ0n) is 19.4. The molecule has 31 heavy (non-hydrogen) atoms. The van der Waals surface area contributed by atoms with Crippen LogP contribution < -0.4 is 11.3 Å². The first-order valence-corrected chi connectivity index (χ1v) is 12.3. The van der Waals surface area contributed by atoms with Gasteiger partial charge in [-0.05, 0) is 91.4 Å². The van der Waals surface area contributed by atoms with E-state index in [0.717, 1.165) is 29.9 Å². The minimum atomic E-state index is -0.100. The molecule has 2 aliphatic carbocycles. The van der Waals surface area contributed by atoms with Crippen LogP contribution in [0.25, 0.3) is 11.1 Å². The number of halogens is 1. The lowest BCUT2D eigenvalue weighted by Gasteiger charge is -2.38. The SMILES string of the molecule is CC1CCC(c2ccc(-c3ccc(C4CCC(C)C(C(C)NN)C4)cc3F)cc2)CC1. The Balaban J connectivity index is 1.47. The van der Waals surface area contributed by atoms with Crippen molar-refractivity contribution < 1.29 is 4.39 Å². The Morgan fingerprint density at radius 1 is 0.871 bits per heavy atom. The first-order valence-electron chi connectivity index (χ1n) is 12.3. The molecule has 0 radical (unpaired) electrons. The fourth-order valence-electron chi connectivity index (χ4n) is 6.03. The summed E-state index contributed by atoms with van der Waals surface area (Å²) < 4.78 is 15.2. The highest BCUT2D eigenvalue weighted by atomic mass is 19.1. The van der Waals surface area contributed by atoms with Crippen LogP contribution in [0.3, 0.4) is 0 Å². The van der Waals surface area contributed by atoms with Gasteiger partial charge in [-0.3, -0.25) is 11.3 Å². The molecule has 4 rings (SSSR count). The molecule has 2 aliphatic rings. The molecule has 4 atom stereocenters. The van der Waals surface area contributed by atoms with Gasteiger partial charge in [-0.1, -0.05) is 63.1 Å². The largest absolute Gasteiger partial charge is 0.271 e. The van der Waals surface area contributed by atoms with Crippen LogP contribution in [0.5, 0.6) is 0 Å². The van der Waals surface area contributed by atoms with Crippen molar-refractivity contribution in [1.82, 2.24) is 5.43 Å². The third-order valence-corrected chi connectivity index (χ3v) is 8.34. The van der Waals surface area contributed by atoms with Crippen LogP contribution in [0.2, 0.25) is 0 Å². The van der Waals surface area contributed by atoms with Crippen LogP contribution in [0.15, 0.2) is 42.5 Å². The topological polar surface area (TPSA) is 38.0 Å². The minimum absolute atomic E-state index is 0.100. The zero-order chi connectivity index (χ0) is 22.0. The van der Waals surface area contributed by atoms with Crippen LogP contribution in [0, 0.1) is 23.6 Å². The van der Waals surface area contributed by atoms with Gasteiger partial charge in [0.05, 0.1) is 0 Å². The quantitative estimate of drug-likeness (QED) is 0.396. The van der Waals surface area contributed by atoms with Gasteiger partial charge in [0.15, 0.2) is 0 Å². The number of nitrogens with two attached hydrogens (primary N) is 1. The highest BCUT2D eigenvalue weighted by Gasteiger charge is 2.32. The van der Waals surface area contributed by atoms with Crippen LogP contribution >= 0.6 is 0 Å². The predicted molar refractivity (Wildman–Crippen MR) is 128 cm³/mol. The molecular formula is C28H39FN2. The molecule has 2 aromatic carbocycles. The fourth-order valence-corrected chi connectivity index (χ4v) is 6.03. The van der Waals surface area contributed by atoms with Gasteiger partial charge in [-0.25, -0.2) is 4.39 Å². The molecule has 0 amide bonds. The van der Waals surface area contributed by atoms with Gasteiger partial charge in [0.25, 0.3) is 0 Å². The van der Waals surface area contributed by atoms with E-state index in [1.807, 2.05) is 6.07 Å². The predicted octanol–water partition coefficient (Wildman–Crippen LogP) is 7.16. The fraction of sp³-hybridized carbons (Fsp3) is 0.571. The summed E-state index contributed by atoms with van der Waals surface area (Å²) in [4.78, 5) is 0. The Morgan fingerprint density at radius 2 is 1.52 bits per heavy atom. The number of hydrazine groups is 1. The normalized spacial score (nSPS) is 30.2. The first-order chi connectivity index (χ1) is 15.0. The molecular weight excluding hydrogens is 383 g/mol. The molecule has 3 N–H and O–H groups in total. The summed E-state index contributed by atoms with van der Waals surface area (Å²) >= 11 is 0. The molecule has 0 aromatic heterocycles. The number of hydrogen-bond acceptors (Lipinski definition) is 2. The summed E-state index contributed by atoms with van der Waals surface area (Å²) in [5.41, 5.74) is 7.18. The van der Waals surface area contributed by atoms with Crippen LogP contribution in [-0.4, -0.2) is 6.04 Å². The van der Waals surface area contributed by atoms with Gasteiger partial charge in [0.2, 0.25) is 0 Å². The second kappa shape index (κ2) is 9.83. The van der Waals surface area contributed by atoms with Crippen molar-refractivity contribution in [2.75, 3.05) is 0 Å². The number of benzene rings is 2. The molecule has 2 aromatic rings. The van der Waals surface area contributed by atoms with Crippen LogP contribution in [0.4, 0.5) is 4.39 Å². The van der Waals surface area contributed by atoms with Gasteiger partial charge < -0.3 is 0 Å². The summed E-state index contributed by atoms with van der Waals surface area (Å²) in [6.45, 7) is 6.83. The summed E-state index contributed by atoms with van der Waals surface area (Å²) in [6, 6.07) is 14.9. The molecule has 0 aliphatic heterocycles. The standard InChI is InChI=1S/C28H39FN2/c1-18-4-7-21(8-5-18)22-10-12-23(13-11-22)26-15-14-25(17-28(26)29)24-9-6-19(2)27(16-24)20(3)31-30/h10-15,17-21,24,27,31H,4-9,16,30H2,1-3H3. The maximum absolute atomic E-state index is 15.2. The first kappa shape index (κ1) is 22.5. The van der Waals surface area contributed by atoms with Gasteiger partial charge in [-0.2, -0.15) is 0 Å². The van der Waals surface area contributed by atoms with Crippen LogP contribution in [-0.2, 0) is 0 Å². The lowest BCUT2D eigenvalue weighted by molar-refractivity contribution is 0.185. The maximum atomic E-state index is 15.2. The van der Waals surface area contributed by atoms with Gasteiger partial charge >= 0.3 is 0 Å². The van der Waals surface area contributed by atoms with Gasteiger partial charge in [-0.15, -0.1) is 0 Å². The van der Waals surface area contributed by atoms with E-state index in [0.29, 0.717) is 29.2 Å². The molecule has 4 unspecified atom stereocenters. The van der Waals surface area contributed by atoms with Crippen molar-refractivity contribution in [2.24, 2.45) is 23.6 Å². The van der Waals surface area contributed by atoms with Crippen molar-refractivity contribution in [3.05, 3.63) is 59.4 Å². The molecule has 2 saturated carbocycles. The van der Waals surface area contributed by atoms with Crippen molar-refractivity contribution >= 4 is 0 Å². The summed E-state index contributed by atoms with van der Waals surface area (Å²) in [5, 5.41) is 0. The highest BCUT2D eigenvalue weighted by Crippen LogP contribution is 2.42. The molecule has 0 bridgehead atoms. The Labute approximate surface area is 187 Å². The molecule has 2 fully saturated rings. The van der Waals surface area contributed by atoms with E-state index in [4.69, 9.17) is 5.84 Å². The Hall–Kier alpha value is -1.71. The second-order valence-electron chi connectivity index (χ2n) is 10.4. The number of hydrogen-bond donors (Lipinski definition) is 2. The van der Waals surface area contributed by atoms with Crippen molar-refractivity contribution in [3.8, 4) is 11.1 Å². The molecule has 168 valence electrons. The monoisotopic (exact) mass is 422 g/mol. The average Bonchev–Trinajstić information content (AvgIpc) is 2.79. The van der Waals surface area contributed by atoms with Crippen LogP contribution in [0.1, 0.15) is 88.7 Å². The Morgan fingerprint density at radius 3 is 2.16 bits per heavy atom. The summed E-state index contributed by atoms with van der Waals surface area (Å²) in [5.74, 6) is 8.74. The molecule has 0 saturated heterocycles. The molecule has 0 spiro atoms. The van der Waals surface area contributed by atoms with E-state index in [1.54, 1.807) is 6.07 Å². The van der Waals surface area contributed by atoms with Crippen molar-refractivity contribution in [3.63, 3.8) is 0 Å². The zero-order valence-corrected chi connectivity index (χ0v) is 19.4. The van der Waals surface area contributed by atoms with E-state index in [1.165, 1.54) is 37.7 Å². The molecule has 3 heteroatoms. The van der Waals surface area contributed by atoms with E-state index in [2.05, 4.69) is 56.5 Å². The second-order valence-corrected chi connectivity index (χ2v) is 10.4. The van der Waals surface area contributed by atoms with E-state index < -0.39 is 0 Å². The highest BCUT2D eigenvalue weighted by molar-refractivity contribution is 5.65. The molecule has 0 heterocycles. The van der Waals surface area contributed by atoms with E-state index in [9.17, 15) is 0 Å². The maximum Gasteiger partial charge on any atom is 0.131 e. The third kappa shape index (κ3) is 5.04. The lowest BCUT2D eigenvalue weighted by atomic mass is 9.70. The lowest BCUT2D eigenvalue weighted by Crippen LogP contribution is -2.43. The number of nitrogens with one attached hydrogen (secondary N) is 1. The number of rotatable bonds is 5.